The second kappa shape index (κ2) is 10.8. The summed E-state index contributed by atoms with van der Waals surface area (Å²) in [5, 5.41) is 2.94. The molecule has 6 heteroatoms. The van der Waals surface area contributed by atoms with E-state index in [1.807, 2.05) is 30.3 Å². The number of carbonyl (C=O) groups excluding carboxylic acids is 1. The van der Waals surface area contributed by atoms with E-state index >= 15 is 0 Å². The molecule has 0 radical (unpaired) electrons. The van der Waals surface area contributed by atoms with Gasteiger partial charge in [-0.2, -0.15) is 0 Å². The van der Waals surface area contributed by atoms with Crippen molar-refractivity contribution in [2.45, 2.75) is 39.7 Å². The second-order valence-corrected chi connectivity index (χ2v) is 8.21. The van der Waals surface area contributed by atoms with Gasteiger partial charge < -0.3 is 14.6 Å². The van der Waals surface area contributed by atoms with Gasteiger partial charge in [0.25, 0.3) is 5.91 Å². The Morgan fingerprint density at radius 3 is 2.70 bits per heavy atom. The largest absolute Gasteiger partial charge is 0.493 e. The number of aromatic nitrogens is 3. The zero-order valence-electron chi connectivity index (χ0n) is 19.3. The summed E-state index contributed by atoms with van der Waals surface area (Å²) >= 11 is 0. The molecule has 2 aromatic heterocycles. The Labute approximate surface area is 194 Å². The van der Waals surface area contributed by atoms with E-state index in [2.05, 4.69) is 46.9 Å². The average molecular weight is 443 g/mol. The molecule has 170 valence electrons. The maximum absolute atomic E-state index is 12.2. The van der Waals surface area contributed by atoms with Crippen LogP contribution >= 0.6 is 0 Å². The molecule has 33 heavy (non-hydrogen) atoms. The zero-order chi connectivity index (χ0) is 23.0. The summed E-state index contributed by atoms with van der Waals surface area (Å²) in [5.74, 6) is 1.84. The summed E-state index contributed by atoms with van der Waals surface area (Å²) in [4.78, 5) is 21.1. The summed E-state index contributed by atoms with van der Waals surface area (Å²) in [6.45, 7) is 6.23. The number of benzene rings is 2. The van der Waals surface area contributed by atoms with Crippen molar-refractivity contribution >= 4 is 16.9 Å². The van der Waals surface area contributed by atoms with E-state index < -0.39 is 0 Å². The van der Waals surface area contributed by atoms with Crippen LogP contribution in [0.25, 0.3) is 11.0 Å². The fraction of sp³-hybridized carbons (Fsp3) is 0.296. The molecule has 0 atom stereocenters. The number of hydrogen-bond acceptors (Lipinski definition) is 4. The van der Waals surface area contributed by atoms with E-state index in [1.54, 1.807) is 18.3 Å². The van der Waals surface area contributed by atoms with Crippen LogP contribution in [0.4, 0.5) is 0 Å². The lowest BCUT2D eigenvalue weighted by molar-refractivity contribution is 0.0948. The Kier molecular flexibility index (Phi) is 7.35. The van der Waals surface area contributed by atoms with Crippen LogP contribution in [0.3, 0.4) is 0 Å². The van der Waals surface area contributed by atoms with Gasteiger partial charge in [0.1, 0.15) is 17.3 Å². The molecule has 0 aliphatic rings. The Morgan fingerprint density at radius 2 is 1.88 bits per heavy atom. The van der Waals surface area contributed by atoms with Gasteiger partial charge in [-0.15, -0.1) is 0 Å². The first kappa shape index (κ1) is 22.5. The molecule has 0 fully saturated rings. The van der Waals surface area contributed by atoms with Gasteiger partial charge in [-0.25, -0.2) is 4.98 Å². The number of carbonyl (C=O) groups is 1. The van der Waals surface area contributed by atoms with Crippen molar-refractivity contribution in [3.8, 4) is 5.75 Å². The number of aryl methyl sites for hydroxylation is 4. The molecule has 2 aromatic carbocycles. The third-order valence-electron chi connectivity index (χ3n) is 5.61. The smallest absolute Gasteiger partial charge is 0.269 e. The van der Waals surface area contributed by atoms with Gasteiger partial charge >= 0.3 is 0 Å². The maximum Gasteiger partial charge on any atom is 0.269 e. The number of nitrogens with one attached hydrogen (secondary N) is 1. The van der Waals surface area contributed by atoms with Crippen LogP contribution in [-0.2, 0) is 13.0 Å². The van der Waals surface area contributed by atoms with Crippen LogP contribution in [0.2, 0.25) is 0 Å². The first-order chi connectivity index (χ1) is 16.1. The first-order valence-corrected chi connectivity index (χ1v) is 11.5. The molecule has 0 aliphatic carbocycles. The standard InChI is InChI=1S/C27H30N4O2/c1-20-13-14-25(21(2)19-20)33-18-8-17-31-24-11-4-3-9-22(24)30-26(31)12-7-16-29-27(32)23-10-5-6-15-28-23/h3-6,9-11,13-15,19H,7-8,12,16-18H2,1-2H3,(H,29,32). The van der Waals surface area contributed by atoms with E-state index in [-0.39, 0.29) is 5.91 Å². The van der Waals surface area contributed by atoms with Crippen molar-refractivity contribution in [3.63, 3.8) is 0 Å². The van der Waals surface area contributed by atoms with Crippen molar-refractivity contribution in [1.29, 1.82) is 0 Å². The Bertz CT molecular complexity index is 1220. The topological polar surface area (TPSA) is 69.0 Å². The molecule has 1 N–H and O–H groups in total. The van der Waals surface area contributed by atoms with Gasteiger partial charge in [0.2, 0.25) is 0 Å². The SMILES string of the molecule is Cc1ccc(OCCCn2c(CCCNC(=O)c3ccccn3)nc3ccccc32)c(C)c1. The summed E-state index contributed by atoms with van der Waals surface area (Å²) < 4.78 is 8.30. The van der Waals surface area contributed by atoms with Crippen molar-refractivity contribution in [3.05, 3.63) is 89.5 Å². The minimum atomic E-state index is -0.146. The first-order valence-electron chi connectivity index (χ1n) is 11.5. The lowest BCUT2D eigenvalue weighted by Gasteiger charge is -2.12. The van der Waals surface area contributed by atoms with Crippen LogP contribution in [0.1, 0.15) is 40.3 Å². The number of hydrogen-bond donors (Lipinski definition) is 1. The molecule has 6 nitrogen and oxygen atoms in total. The Hall–Kier alpha value is -3.67. The van der Waals surface area contributed by atoms with Gasteiger partial charge in [-0.1, -0.05) is 35.9 Å². The summed E-state index contributed by atoms with van der Waals surface area (Å²) in [6.07, 6.45) is 4.11. The average Bonchev–Trinajstić information content (AvgIpc) is 3.18. The number of fused-ring (bicyclic) bond motifs is 1. The minimum Gasteiger partial charge on any atom is -0.493 e. The fourth-order valence-corrected chi connectivity index (χ4v) is 3.97. The van der Waals surface area contributed by atoms with Crippen molar-refractivity contribution < 1.29 is 9.53 Å². The van der Waals surface area contributed by atoms with Crippen LogP contribution in [0.5, 0.6) is 5.75 Å². The number of amides is 1. The van der Waals surface area contributed by atoms with Crippen molar-refractivity contribution in [2.75, 3.05) is 13.2 Å². The molecule has 0 unspecified atom stereocenters. The zero-order valence-corrected chi connectivity index (χ0v) is 19.3. The lowest BCUT2D eigenvalue weighted by Crippen LogP contribution is -2.25. The number of pyridine rings is 1. The van der Waals surface area contributed by atoms with Crippen LogP contribution < -0.4 is 10.1 Å². The molecule has 4 aromatic rings. The predicted molar refractivity (Wildman–Crippen MR) is 131 cm³/mol. The molecule has 0 saturated carbocycles. The minimum absolute atomic E-state index is 0.146. The van der Waals surface area contributed by atoms with Crippen molar-refractivity contribution in [1.82, 2.24) is 19.9 Å². The monoisotopic (exact) mass is 442 g/mol. The van der Waals surface area contributed by atoms with E-state index in [9.17, 15) is 4.79 Å². The number of para-hydroxylation sites is 2. The van der Waals surface area contributed by atoms with Gasteiger partial charge in [0.15, 0.2) is 0 Å². The normalized spacial score (nSPS) is 11.0. The Balaban J connectivity index is 1.33. The van der Waals surface area contributed by atoms with Crippen LogP contribution in [-0.4, -0.2) is 33.6 Å². The highest BCUT2D eigenvalue weighted by atomic mass is 16.5. The van der Waals surface area contributed by atoms with E-state index in [0.29, 0.717) is 18.8 Å². The fourth-order valence-electron chi connectivity index (χ4n) is 3.97. The van der Waals surface area contributed by atoms with Gasteiger partial charge in [-0.3, -0.25) is 9.78 Å². The molecule has 0 spiro atoms. The maximum atomic E-state index is 12.2. The highest BCUT2D eigenvalue weighted by Crippen LogP contribution is 2.20. The molecule has 2 heterocycles. The molecule has 0 bridgehead atoms. The third-order valence-corrected chi connectivity index (χ3v) is 5.61. The van der Waals surface area contributed by atoms with E-state index in [0.717, 1.165) is 54.0 Å². The quantitative estimate of drug-likeness (QED) is 0.356. The van der Waals surface area contributed by atoms with Crippen LogP contribution in [0, 0.1) is 13.8 Å². The highest BCUT2D eigenvalue weighted by Gasteiger charge is 2.11. The lowest BCUT2D eigenvalue weighted by atomic mass is 10.1. The third kappa shape index (κ3) is 5.77. The number of nitrogens with zero attached hydrogens (tertiary/aromatic N) is 3. The van der Waals surface area contributed by atoms with E-state index in [1.165, 1.54) is 5.56 Å². The van der Waals surface area contributed by atoms with Gasteiger partial charge in [0.05, 0.1) is 17.6 Å². The van der Waals surface area contributed by atoms with Crippen molar-refractivity contribution in [2.24, 2.45) is 0 Å². The summed E-state index contributed by atoms with van der Waals surface area (Å²) in [5.41, 5.74) is 4.98. The molecular weight excluding hydrogens is 412 g/mol. The number of rotatable bonds is 10. The molecule has 4 rings (SSSR count). The van der Waals surface area contributed by atoms with Gasteiger partial charge in [0, 0.05) is 25.7 Å². The summed E-state index contributed by atoms with van der Waals surface area (Å²) in [7, 11) is 0. The predicted octanol–water partition coefficient (Wildman–Crippen LogP) is 4.88. The second-order valence-electron chi connectivity index (χ2n) is 8.21. The highest BCUT2D eigenvalue weighted by molar-refractivity contribution is 5.92. The Morgan fingerprint density at radius 1 is 1.03 bits per heavy atom. The molecule has 0 saturated heterocycles. The molecular formula is C27H30N4O2. The van der Waals surface area contributed by atoms with Gasteiger partial charge in [-0.05, 0) is 62.6 Å². The molecule has 0 aliphatic heterocycles. The number of ether oxygens (including phenoxy) is 1. The molecule has 1 amide bonds. The summed E-state index contributed by atoms with van der Waals surface area (Å²) in [6, 6.07) is 19.8. The van der Waals surface area contributed by atoms with Crippen LogP contribution in [0.15, 0.2) is 66.9 Å². The van der Waals surface area contributed by atoms with E-state index in [4.69, 9.17) is 9.72 Å². The number of imidazole rings is 1.